The highest BCUT2D eigenvalue weighted by molar-refractivity contribution is 7.91. The Hall–Kier alpha value is -1.24. The van der Waals surface area contributed by atoms with E-state index in [2.05, 4.69) is 4.98 Å². The van der Waals surface area contributed by atoms with Crippen LogP contribution in [-0.4, -0.2) is 19.7 Å². The van der Waals surface area contributed by atoms with Gasteiger partial charge in [0.15, 0.2) is 9.84 Å². The van der Waals surface area contributed by atoms with Crippen LogP contribution in [0.2, 0.25) is 0 Å². The van der Waals surface area contributed by atoms with E-state index in [1.54, 1.807) is 6.92 Å². The Morgan fingerprint density at radius 2 is 1.95 bits per heavy atom. The molecule has 0 radical (unpaired) electrons. The Morgan fingerprint density at radius 3 is 2.47 bits per heavy atom. The Labute approximate surface area is 117 Å². The van der Waals surface area contributed by atoms with Gasteiger partial charge in [-0.15, -0.1) is 11.3 Å². The lowest BCUT2D eigenvalue weighted by Gasteiger charge is -2.04. The summed E-state index contributed by atoms with van der Waals surface area (Å²) in [5.74, 6) is 0. The van der Waals surface area contributed by atoms with Crippen LogP contribution in [0.15, 0.2) is 30.3 Å². The van der Waals surface area contributed by atoms with Crippen molar-refractivity contribution in [2.24, 2.45) is 5.73 Å². The monoisotopic (exact) mass is 296 g/mol. The van der Waals surface area contributed by atoms with Crippen molar-refractivity contribution >= 4 is 21.2 Å². The first kappa shape index (κ1) is 14.2. The number of sulfone groups is 1. The molecule has 0 fully saturated rings. The number of nitrogens with zero attached hydrogens (tertiary/aromatic N) is 1. The van der Waals surface area contributed by atoms with E-state index in [-0.39, 0.29) is 0 Å². The fourth-order valence-corrected chi connectivity index (χ4v) is 3.67. The molecule has 2 aromatic rings. The SMILES string of the molecule is CC(c1nc(-c2ccccc2)c(CN)s1)S(C)(=O)=O. The number of hydrogen-bond donors (Lipinski definition) is 1. The predicted octanol–water partition coefficient (Wildman–Crippen LogP) is 2.37. The first-order chi connectivity index (χ1) is 8.93. The summed E-state index contributed by atoms with van der Waals surface area (Å²) in [5, 5.41) is 0.00191. The van der Waals surface area contributed by atoms with Crippen LogP contribution in [0.5, 0.6) is 0 Å². The lowest BCUT2D eigenvalue weighted by atomic mass is 10.1. The molecular weight excluding hydrogens is 280 g/mol. The molecule has 0 aliphatic carbocycles. The molecule has 6 heteroatoms. The third-order valence-electron chi connectivity index (χ3n) is 2.94. The minimum absolute atomic E-state index is 0.360. The molecule has 0 saturated heterocycles. The third kappa shape index (κ3) is 3.02. The van der Waals surface area contributed by atoms with Crippen LogP contribution in [0.1, 0.15) is 22.1 Å². The van der Waals surface area contributed by atoms with Crippen LogP contribution in [0, 0.1) is 0 Å². The predicted molar refractivity (Wildman–Crippen MR) is 78.7 cm³/mol. The highest BCUT2D eigenvalue weighted by atomic mass is 32.2. The molecule has 4 nitrogen and oxygen atoms in total. The number of thiazole rings is 1. The van der Waals surface area contributed by atoms with Crippen molar-refractivity contribution in [3.63, 3.8) is 0 Å². The first-order valence-corrected chi connectivity index (χ1v) is 8.64. The van der Waals surface area contributed by atoms with Gasteiger partial charge in [-0.25, -0.2) is 13.4 Å². The summed E-state index contributed by atoms with van der Waals surface area (Å²) in [6.45, 7) is 2.02. The normalized spacial score (nSPS) is 13.4. The molecule has 0 amide bonds. The van der Waals surface area contributed by atoms with E-state index in [1.165, 1.54) is 17.6 Å². The summed E-state index contributed by atoms with van der Waals surface area (Å²) in [6, 6.07) is 9.67. The number of rotatable bonds is 4. The molecule has 0 aliphatic heterocycles. The summed E-state index contributed by atoms with van der Waals surface area (Å²) in [4.78, 5) is 5.39. The zero-order valence-corrected chi connectivity index (χ0v) is 12.5. The van der Waals surface area contributed by atoms with Gasteiger partial charge in [0.05, 0.1) is 5.69 Å². The fraction of sp³-hybridized carbons (Fsp3) is 0.308. The molecule has 2 N–H and O–H groups in total. The van der Waals surface area contributed by atoms with Crippen molar-refractivity contribution in [2.75, 3.05) is 6.26 Å². The van der Waals surface area contributed by atoms with E-state index in [0.29, 0.717) is 11.6 Å². The van der Waals surface area contributed by atoms with Crippen LogP contribution in [-0.2, 0) is 16.4 Å². The van der Waals surface area contributed by atoms with Crippen molar-refractivity contribution in [3.05, 3.63) is 40.2 Å². The molecule has 0 spiro atoms. The van der Waals surface area contributed by atoms with Crippen molar-refractivity contribution < 1.29 is 8.42 Å². The minimum Gasteiger partial charge on any atom is -0.326 e. The smallest absolute Gasteiger partial charge is 0.156 e. The van der Waals surface area contributed by atoms with Gasteiger partial charge in [0.1, 0.15) is 10.3 Å². The second kappa shape index (κ2) is 5.40. The minimum atomic E-state index is -3.14. The average molecular weight is 296 g/mol. The molecule has 1 aromatic carbocycles. The van der Waals surface area contributed by atoms with Crippen LogP contribution >= 0.6 is 11.3 Å². The van der Waals surface area contributed by atoms with E-state index in [1.807, 2.05) is 30.3 Å². The second-order valence-corrected chi connectivity index (χ2v) is 7.85. The number of hydrogen-bond acceptors (Lipinski definition) is 5. The van der Waals surface area contributed by atoms with Gasteiger partial charge in [-0.3, -0.25) is 0 Å². The quantitative estimate of drug-likeness (QED) is 0.940. The fourth-order valence-electron chi connectivity index (χ4n) is 1.69. The highest BCUT2D eigenvalue weighted by Crippen LogP contribution is 2.33. The van der Waals surface area contributed by atoms with Gasteiger partial charge in [-0.1, -0.05) is 30.3 Å². The average Bonchev–Trinajstić information content (AvgIpc) is 2.81. The molecule has 1 aromatic heterocycles. The number of benzene rings is 1. The summed E-state index contributed by atoms with van der Waals surface area (Å²) in [5.41, 5.74) is 7.49. The Morgan fingerprint density at radius 1 is 1.32 bits per heavy atom. The largest absolute Gasteiger partial charge is 0.326 e. The van der Waals surface area contributed by atoms with Crippen LogP contribution < -0.4 is 5.73 Å². The maximum Gasteiger partial charge on any atom is 0.156 e. The summed E-state index contributed by atoms with van der Waals surface area (Å²) in [6.07, 6.45) is 1.23. The summed E-state index contributed by atoms with van der Waals surface area (Å²) in [7, 11) is -3.14. The molecule has 1 heterocycles. The lowest BCUT2D eigenvalue weighted by Crippen LogP contribution is -2.07. The molecular formula is C13H16N2O2S2. The van der Waals surface area contributed by atoms with E-state index in [4.69, 9.17) is 5.73 Å². The molecule has 0 aliphatic rings. The van der Waals surface area contributed by atoms with Crippen molar-refractivity contribution in [2.45, 2.75) is 18.7 Å². The number of nitrogens with two attached hydrogens (primary N) is 1. The van der Waals surface area contributed by atoms with Gasteiger partial charge in [-0.2, -0.15) is 0 Å². The zero-order chi connectivity index (χ0) is 14.0. The molecule has 19 heavy (non-hydrogen) atoms. The molecule has 1 atom stereocenters. The van der Waals surface area contributed by atoms with Crippen molar-refractivity contribution in [1.29, 1.82) is 0 Å². The van der Waals surface area contributed by atoms with Gasteiger partial charge in [-0.05, 0) is 6.92 Å². The lowest BCUT2D eigenvalue weighted by molar-refractivity contribution is 0.592. The highest BCUT2D eigenvalue weighted by Gasteiger charge is 2.23. The van der Waals surface area contributed by atoms with Crippen LogP contribution in [0.4, 0.5) is 0 Å². The summed E-state index contributed by atoms with van der Waals surface area (Å²) < 4.78 is 23.2. The Balaban J connectivity index is 2.50. The molecule has 0 bridgehead atoms. The third-order valence-corrected chi connectivity index (χ3v) is 5.85. The molecule has 102 valence electrons. The molecule has 2 rings (SSSR count). The van der Waals surface area contributed by atoms with Gasteiger partial charge in [0.2, 0.25) is 0 Å². The van der Waals surface area contributed by atoms with Crippen molar-refractivity contribution in [1.82, 2.24) is 4.98 Å². The van der Waals surface area contributed by atoms with Crippen LogP contribution in [0.3, 0.4) is 0 Å². The Kier molecular flexibility index (Phi) is 4.03. The van der Waals surface area contributed by atoms with Crippen molar-refractivity contribution in [3.8, 4) is 11.3 Å². The zero-order valence-electron chi connectivity index (χ0n) is 10.8. The molecule has 1 unspecified atom stereocenters. The van der Waals surface area contributed by atoms with E-state index in [0.717, 1.165) is 16.1 Å². The van der Waals surface area contributed by atoms with Gasteiger partial charge in [0, 0.05) is 23.2 Å². The maximum absolute atomic E-state index is 11.6. The van der Waals surface area contributed by atoms with Gasteiger partial charge in [0.25, 0.3) is 0 Å². The first-order valence-electron chi connectivity index (χ1n) is 5.87. The second-order valence-electron chi connectivity index (χ2n) is 4.37. The van der Waals surface area contributed by atoms with Gasteiger partial charge >= 0.3 is 0 Å². The van der Waals surface area contributed by atoms with E-state index in [9.17, 15) is 8.42 Å². The summed E-state index contributed by atoms with van der Waals surface area (Å²) >= 11 is 1.37. The topological polar surface area (TPSA) is 73.0 Å². The van der Waals surface area contributed by atoms with E-state index < -0.39 is 15.1 Å². The maximum atomic E-state index is 11.6. The standard InChI is InChI=1S/C13H16N2O2S2/c1-9(19(2,16)17)13-15-12(11(8-14)18-13)10-6-4-3-5-7-10/h3-7,9H,8,14H2,1-2H3. The van der Waals surface area contributed by atoms with Gasteiger partial charge < -0.3 is 5.73 Å². The molecule has 0 saturated carbocycles. The van der Waals surface area contributed by atoms with E-state index >= 15 is 0 Å². The number of aromatic nitrogens is 1. The Bertz CT molecular complexity index is 663. The van der Waals surface area contributed by atoms with Crippen LogP contribution in [0.25, 0.3) is 11.3 Å².